The topological polar surface area (TPSA) is 55.1 Å². The normalized spacial score (nSPS) is 11.9. The highest BCUT2D eigenvalue weighted by Crippen LogP contribution is 2.27. The number of carbonyl (C=O) groups is 1. The molecule has 1 rings (SSSR count). The van der Waals surface area contributed by atoms with Gasteiger partial charge in [-0.3, -0.25) is 4.79 Å². The van der Waals surface area contributed by atoms with E-state index in [4.69, 9.17) is 5.73 Å². The first-order valence-electron chi connectivity index (χ1n) is 6.06. The zero-order valence-electron chi connectivity index (χ0n) is 11.5. The van der Waals surface area contributed by atoms with Gasteiger partial charge in [-0.25, -0.2) is 0 Å². The highest BCUT2D eigenvalue weighted by Gasteiger charge is 2.12. The monoisotopic (exact) mass is 270 g/mol. The molecular formula is C14H23ClN2O. The summed E-state index contributed by atoms with van der Waals surface area (Å²) in [5.74, 6) is 0.372. The van der Waals surface area contributed by atoms with Gasteiger partial charge in [0.15, 0.2) is 0 Å². The summed E-state index contributed by atoms with van der Waals surface area (Å²) in [7, 11) is 0. The Balaban J connectivity index is 0.00000289. The van der Waals surface area contributed by atoms with Crippen molar-refractivity contribution in [3.05, 3.63) is 29.3 Å². The highest BCUT2D eigenvalue weighted by molar-refractivity contribution is 5.92. The van der Waals surface area contributed by atoms with E-state index >= 15 is 0 Å². The van der Waals surface area contributed by atoms with E-state index in [2.05, 4.69) is 25.2 Å². The molecule has 1 amide bonds. The summed E-state index contributed by atoms with van der Waals surface area (Å²) in [5.41, 5.74) is 8.82. The van der Waals surface area contributed by atoms with Crippen LogP contribution in [-0.4, -0.2) is 11.9 Å². The van der Waals surface area contributed by atoms with Gasteiger partial charge in [-0.15, -0.1) is 12.4 Å². The maximum atomic E-state index is 11.8. The fourth-order valence-corrected chi connectivity index (χ4v) is 1.83. The molecule has 0 aliphatic heterocycles. The molecule has 1 aromatic carbocycles. The number of rotatable bonds is 4. The van der Waals surface area contributed by atoms with Crippen LogP contribution in [0.1, 0.15) is 44.2 Å². The number of halogens is 1. The molecule has 0 bridgehead atoms. The number of hydrogen-bond acceptors (Lipinski definition) is 2. The molecule has 3 N–H and O–H groups in total. The molecule has 0 spiro atoms. The van der Waals surface area contributed by atoms with Crippen LogP contribution in [0.2, 0.25) is 0 Å². The molecular weight excluding hydrogens is 248 g/mol. The van der Waals surface area contributed by atoms with E-state index in [9.17, 15) is 4.79 Å². The van der Waals surface area contributed by atoms with E-state index in [1.54, 1.807) is 0 Å². The van der Waals surface area contributed by atoms with Gasteiger partial charge in [0.25, 0.3) is 0 Å². The molecule has 3 nitrogen and oxygen atoms in total. The SMILES string of the molecule is Cc1cccc(C(C)C)c1NC(=O)CC(C)N.Cl. The number of nitrogens with one attached hydrogen (secondary N) is 1. The Hall–Kier alpha value is -1.06. The molecule has 0 aliphatic carbocycles. The molecule has 4 heteroatoms. The number of aryl methyl sites for hydroxylation is 1. The average molecular weight is 271 g/mol. The predicted molar refractivity (Wildman–Crippen MR) is 79.4 cm³/mol. The Morgan fingerprint density at radius 2 is 1.94 bits per heavy atom. The number of hydrogen-bond donors (Lipinski definition) is 2. The van der Waals surface area contributed by atoms with Gasteiger partial charge in [-0.05, 0) is 30.9 Å². The Morgan fingerprint density at radius 1 is 1.33 bits per heavy atom. The van der Waals surface area contributed by atoms with Gasteiger partial charge in [0.1, 0.15) is 0 Å². The van der Waals surface area contributed by atoms with E-state index in [0.717, 1.165) is 11.3 Å². The van der Waals surface area contributed by atoms with Crippen molar-refractivity contribution in [3.63, 3.8) is 0 Å². The summed E-state index contributed by atoms with van der Waals surface area (Å²) in [6.45, 7) is 8.08. The molecule has 0 saturated heterocycles. The van der Waals surface area contributed by atoms with E-state index in [0.29, 0.717) is 12.3 Å². The molecule has 1 aromatic rings. The van der Waals surface area contributed by atoms with Crippen molar-refractivity contribution >= 4 is 24.0 Å². The molecule has 1 unspecified atom stereocenters. The molecule has 0 aliphatic rings. The zero-order chi connectivity index (χ0) is 13.0. The molecule has 18 heavy (non-hydrogen) atoms. The zero-order valence-corrected chi connectivity index (χ0v) is 12.3. The number of carbonyl (C=O) groups excluding carboxylic acids is 1. The minimum Gasteiger partial charge on any atom is -0.327 e. The van der Waals surface area contributed by atoms with Gasteiger partial charge < -0.3 is 11.1 Å². The van der Waals surface area contributed by atoms with Crippen molar-refractivity contribution in [1.82, 2.24) is 0 Å². The predicted octanol–water partition coefficient (Wildman–Crippen LogP) is 3.22. The first-order chi connectivity index (χ1) is 7.91. The number of para-hydroxylation sites is 1. The Kier molecular flexibility index (Phi) is 6.96. The summed E-state index contributed by atoms with van der Waals surface area (Å²) in [5, 5.41) is 2.97. The lowest BCUT2D eigenvalue weighted by Crippen LogP contribution is -2.24. The van der Waals surface area contributed by atoms with Gasteiger partial charge >= 0.3 is 0 Å². The van der Waals surface area contributed by atoms with Crippen LogP contribution in [0.3, 0.4) is 0 Å². The number of amides is 1. The summed E-state index contributed by atoms with van der Waals surface area (Å²) in [4.78, 5) is 11.8. The van der Waals surface area contributed by atoms with Crippen LogP contribution in [0.25, 0.3) is 0 Å². The highest BCUT2D eigenvalue weighted by atomic mass is 35.5. The standard InChI is InChI=1S/C14H22N2O.ClH/c1-9(2)12-7-5-6-10(3)14(12)16-13(17)8-11(4)15;/h5-7,9,11H,8,15H2,1-4H3,(H,16,17);1H. The maximum absolute atomic E-state index is 11.8. The molecule has 1 atom stereocenters. The van der Waals surface area contributed by atoms with Gasteiger partial charge in [-0.2, -0.15) is 0 Å². The first kappa shape index (κ1) is 16.9. The maximum Gasteiger partial charge on any atom is 0.225 e. The van der Waals surface area contributed by atoms with Gasteiger partial charge in [-0.1, -0.05) is 32.0 Å². The summed E-state index contributed by atoms with van der Waals surface area (Å²) < 4.78 is 0. The smallest absolute Gasteiger partial charge is 0.225 e. The minimum atomic E-state index is -0.110. The third kappa shape index (κ3) is 4.67. The van der Waals surface area contributed by atoms with Gasteiger partial charge in [0.05, 0.1) is 0 Å². The number of anilines is 1. The van der Waals surface area contributed by atoms with E-state index in [1.807, 2.05) is 26.0 Å². The molecule has 0 saturated carbocycles. The van der Waals surface area contributed by atoms with Gasteiger partial charge in [0.2, 0.25) is 5.91 Å². The van der Waals surface area contributed by atoms with Crippen molar-refractivity contribution in [2.75, 3.05) is 5.32 Å². The van der Waals surface area contributed by atoms with Crippen molar-refractivity contribution in [3.8, 4) is 0 Å². The van der Waals surface area contributed by atoms with E-state index in [-0.39, 0.29) is 24.4 Å². The summed E-state index contributed by atoms with van der Waals surface area (Å²) in [6, 6.07) is 5.97. The van der Waals surface area contributed by atoms with Gasteiger partial charge in [0, 0.05) is 18.2 Å². The van der Waals surface area contributed by atoms with Crippen LogP contribution in [0.5, 0.6) is 0 Å². The molecule has 0 aromatic heterocycles. The Labute approximate surface area is 116 Å². The third-order valence-electron chi connectivity index (χ3n) is 2.70. The Bertz CT molecular complexity index is 403. The minimum absolute atomic E-state index is 0. The fourth-order valence-electron chi connectivity index (χ4n) is 1.83. The Morgan fingerprint density at radius 3 is 2.44 bits per heavy atom. The van der Waals surface area contributed by atoms with E-state index in [1.165, 1.54) is 5.56 Å². The summed E-state index contributed by atoms with van der Waals surface area (Å²) >= 11 is 0. The second-order valence-electron chi connectivity index (χ2n) is 4.92. The second-order valence-corrected chi connectivity index (χ2v) is 4.92. The fraction of sp³-hybridized carbons (Fsp3) is 0.500. The summed E-state index contributed by atoms with van der Waals surface area (Å²) in [6.07, 6.45) is 0.353. The van der Waals surface area contributed by atoms with Crippen molar-refractivity contribution in [2.45, 2.75) is 46.1 Å². The van der Waals surface area contributed by atoms with Crippen molar-refractivity contribution in [2.24, 2.45) is 5.73 Å². The second kappa shape index (κ2) is 7.39. The third-order valence-corrected chi connectivity index (χ3v) is 2.70. The van der Waals surface area contributed by atoms with Crippen LogP contribution >= 0.6 is 12.4 Å². The molecule has 0 heterocycles. The average Bonchev–Trinajstić information content (AvgIpc) is 2.19. The molecule has 0 fully saturated rings. The molecule has 0 radical (unpaired) electrons. The van der Waals surface area contributed by atoms with E-state index < -0.39 is 0 Å². The number of nitrogens with two attached hydrogens (primary N) is 1. The van der Waals surface area contributed by atoms with Crippen LogP contribution in [0.15, 0.2) is 18.2 Å². The lowest BCUT2D eigenvalue weighted by atomic mass is 9.98. The van der Waals surface area contributed by atoms with Crippen LogP contribution in [-0.2, 0) is 4.79 Å². The lowest BCUT2D eigenvalue weighted by molar-refractivity contribution is -0.116. The first-order valence-corrected chi connectivity index (χ1v) is 6.06. The van der Waals surface area contributed by atoms with Crippen molar-refractivity contribution in [1.29, 1.82) is 0 Å². The van der Waals surface area contributed by atoms with Crippen LogP contribution < -0.4 is 11.1 Å². The quantitative estimate of drug-likeness (QED) is 0.883. The largest absolute Gasteiger partial charge is 0.327 e. The molecule has 102 valence electrons. The number of benzene rings is 1. The van der Waals surface area contributed by atoms with Crippen LogP contribution in [0, 0.1) is 6.92 Å². The van der Waals surface area contributed by atoms with Crippen molar-refractivity contribution < 1.29 is 4.79 Å². The lowest BCUT2D eigenvalue weighted by Gasteiger charge is -2.16. The van der Waals surface area contributed by atoms with Crippen LogP contribution in [0.4, 0.5) is 5.69 Å².